The van der Waals surface area contributed by atoms with Gasteiger partial charge in [-0.15, -0.1) is 0 Å². The first-order chi connectivity index (χ1) is 9.49. The van der Waals surface area contributed by atoms with Crippen LogP contribution in [0.1, 0.15) is 31.1 Å². The summed E-state index contributed by atoms with van der Waals surface area (Å²) >= 11 is 6.70. The van der Waals surface area contributed by atoms with E-state index in [0.29, 0.717) is 46.0 Å². The molecule has 5 nitrogen and oxygen atoms in total. The standard InChI is InChI=1S/C13H17Br2NO4/c1-4-18-10-8(14)7(13(16)17)9(15)11(19-5-2)12(10)20-6-3/h4-6H2,1-3H3,(H2,16,17). The first kappa shape index (κ1) is 17.1. The second kappa shape index (κ2) is 7.73. The lowest BCUT2D eigenvalue weighted by Gasteiger charge is -2.20. The number of primary amides is 1. The summed E-state index contributed by atoms with van der Waals surface area (Å²) in [5.74, 6) is 0.679. The third-order valence-corrected chi connectivity index (χ3v) is 3.88. The van der Waals surface area contributed by atoms with E-state index in [1.54, 1.807) is 0 Å². The summed E-state index contributed by atoms with van der Waals surface area (Å²) in [7, 11) is 0. The Morgan fingerprint density at radius 1 is 0.900 bits per heavy atom. The predicted molar refractivity (Wildman–Crippen MR) is 83.9 cm³/mol. The van der Waals surface area contributed by atoms with Crippen molar-refractivity contribution in [1.82, 2.24) is 0 Å². The molecule has 0 atom stereocenters. The number of rotatable bonds is 7. The molecule has 1 rings (SSSR count). The van der Waals surface area contributed by atoms with Gasteiger partial charge in [0.25, 0.3) is 5.91 Å². The molecule has 0 fully saturated rings. The lowest BCUT2D eigenvalue weighted by atomic mass is 10.1. The van der Waals surface area contributed by atoms with Crippen molar-refractivity contribution in [3.05, 3.63) is 14.5 Å². The molecule has 0 aromatic heterocycles. The van der Waals surface area contributed by atoms with E-state index in [9.17, 15) is 4.79 Å². The molecule has 112 valence electrons. The van der Waals surface area contributed by atoms with Gasteiger partial charge in [-0.05, 0) is 52.6 Å². The number of carbonyl (C=O) groups is 1. The number of benzene rings is 1. The minimum absolute atomic E-state index is 0.264. The second-order valence-electron chi connectivity index (χ2n) is 3.65. The number of nitrogens with two attached hydrogens (primary N) is 1. The Hall–Kier alpha value is -0.950. The van der Waals surface area contributed by atoms with Crippen LogP contribution in [0, 0.1) is 0 Å². The number of hydrogen-bond acceptors (Lipinski definition) is 4. The molecule has 2 N–H and O–H groups in total. The van der Waals surface area contributed by atoms with E-state index in [1.807, 2.05) is 20.8 Å². The summed E-state index contributed by atoms with van der Waals surface area (Å²) in [4.78, 5) is 11.6. The third-order valence-electron chi connectivity index (χ3n) is 2.36. The van der Waals surface area contributed by atoms with Crippen LogP contribution in [0.15, 0.2) is 8.95 Å². The fraction of sp³-hybridized carbons (Fsp3) is 0.462. The number of hydrogen-bond donors (Lipinski definition) is 1. The molecule has 7 heteroatoms. The average molecular weight is 411 g/mol. The number of ether oxygens (including phenoxy) is 3. The van der Waals surface area contributed by atoms with Crippen molar-refractivity contribution >= 4 is 37.8 Å². The fourth-order valence-corrected chi connectivity index (χ4v) is 3.31. The van der Waals surface area contributed by atoms with E-state index in [0.717, 1.165) is 0 Å². The minimum atomic E-state index is -0.589. The monoisotopic (exact) mass is 409 g/mol. The normalized spacial score (nSPS) is 10.2. The SMILES string of the molecule is CCOc1c(Br)c(C(N)=O)c(Br)c(OCC)c1OCC. The van der Waals surface area contributed by atoms with Crippen molar-refractivity contribution in [1.29, 1.82) is 0 Å². The Labute approximate surface area is 135 Å². The summed E-state index contributed by atoms with van der Waals surface area (Å²) in [6, 6.07) is 0. The van der Waals surface area contributed by atoms with Crippen LogP contribution in [0.25, 0.3) is 0 Å². The zero-order valence-corrected chi connectivity index (χ0v) is 14.8. The molecule has 0 aliphatic heterocycles. The van der Waals surface area contributed by atoms with Gasteiger partial charge < -0.3 is 19.9 Å². The molecule has 0 spiro atoms. The van der Waals surface area contributed by atoms with E-state index in [1.165, 1.54) is 0 Å². The molecule has 20 heavy (non-hydrogen) atoms. The van der Waals surface area contributed by atoms with Gasteiger partial charge in [0.2, 0.25) is 5.75 Å². The quantitative estimate of drug-likeness (QED) is 0.746. The molecular weight excluding hydrogens is 394 g/mol. The Morgan fingerprint density at radius 3 is 1.55 bits per heavy atom. The van der Waals surface area contributed by atoms with Gasteiger partial charge in [0.15, 0.2) is 11.5 Å². The van der Waals surface area contributed by atoms with Gasteiger partial charge in [-0.3, -0.25) is 4.79 Å². The molecule has 0 heterocycles. The number of halogens is 2. The van der Waals surface area contributed by atoms with E-state index in [-0.39, 0.29) is 5.56 Å². The van der Waals surface area contributed by atoms with Crippen LogP contribution >= 0.6 is 31.9 Å². The molecule has 1 aromatic rings. The fourth-order valence-electron chi connectivity index (χ4n) is 1.66. The highest BCUT2D eigenvalue weighted by Crippen LogP contribution is 2.50. The Balaban J connectivity index is 3.65. The van der Waals surface area contributed by atoms with Crippen molar-refractivity contribution in [2.24, 2.45) is 5.73 Å². The molecule has 1 amide bonds. The average Bonchev–Trinajstić information content (AvgIpc) is 2.38. The summed E-state index contributed by atoms with van der Waals surface area (Å²) in [6.45, 7) is 6.82. The van der Waals surface area contributed by atoms with Crippen LogP contribution in [0.2, 0.25) is 0 Å². The van der Waals surface area contributed by atoms with Gasteiger partial charge in [-0.1, -0.05) is 0 Å². The molecule has 0 aliphatic rings. The lowest BCUT2D eigenvalue weighted by molar-refractivity contribution is 0.0997. The summed E-state index contributed by atoms with van der Waals surface area (Å²) < 4.78 is 17.7. The topological polar surface area (TPSA) is 70.8 Å². The number of amides is 1. The zero-order valence-electron chi connectivity index (χ0n) is 11.6. The van der Waals surface area contributed by atoms with Gasteiger partial charge in [-0.25, -0.2) is 0 Å². The predicted octanol–water partition coefficient (Wildman–Crippen LogP) is 3.51. The molecule has 0 saturated heterocycles. The summed E-state index contributed by atoms with van der Waals surface area (Å²) in [5.41, 5.74) is 5.68. The van der Waals surface area contributed by atoms with Crippen molar-refractivity contribution in [3.63, 3.8) is 0 Å². The van der Waals surface area contributed by atoms with Crippen LogP contribution in [0.3, 0.4) is 0 Å². The van der Waals surface area contributed by atoms with Crippen LogP contribution < -0.4 is 19.9 Å². The van der Waals surface area contributed by atoms with Crippen LogP contribution in [-0.2, 0) is 0 Å². The van der Waals surface area contributed by atoms with Gasteiger partial charge in [0, 0.05) is 0 Å². The molecule has 1 aromatic carbocycles. The molecule has 0 radical (unpaired) electrons. The smallest absolute Gasteiger partial charge is 0.251 e. The summed E-state index contributed by atoms with van der Waals surface area (Å²) in [5, 5.41) is 0. The summed E-state index contributed by atoms with van der Waals surface area (Å²) in [6.07, 6.45) is 0. The maximum Gasteiger partial charge on any atom is 0.251 e. The molecule has 0 saturated carbocycles. The highest BCUT2D eigenvalue weighted by molar-refractivity contribution is 9.11. The van der Waals surface area contributed by atoms with E-state index in [2.05, 4.69) is 31.9 Å². The molecular formula is C13H17Br2NO4. The van der Waals surface area contributed by atoms with Gasteiger partial charge in [0.05, 0.1) is 34.3 Å². The van der Waals surface area contributed by atoms with Gasteiger partial charge in [0.1, 0.15) is 0 Å². The van der Waals surface area contributed by atoms with Crippen molar-refractivity contribution in [2.75, 3.05) is 19.8 Å². The third kappa shape index (κ3) is 3.38. The number of carbonyl (C=O) groups excluding carboxylic acids is 1. The Kier molecular flexibility index (Phi) is 6.61. The van der Waals surface area contributed by atoms with Gasteiger partial charge >= 0.3 is 0 Å². The van der Waals surface area contributed by atoms with Crippen LogP contribution in [-0.4, -0.2) is 25.7 Å². The molecule has 0 unspecified atom stereocenters. The van der Waals surface area contributed by atoms with E-state index < -0.39 is 5.91 Å². The van der Waals surface area contributed by atoms with E-state index in [4.69, 9.17) is 19.9 Å². The largest absolute Gasteiger partial charge is 0.489 e. The maximum absolute atomic E-state index is 11.6. The Morgan fingerprint density at radius 2 is 1.25 bits per heavy atom. The lowest BCUT2D eigenvalue weighted by Crippen LogP contribution is -2.15. The molecule has 0 aliphatic carbocycles. The minimum Gasteiger partial charge on any atom is -0.489 e. The first-order valence-corrected chi connectivity index (χ1v) is 7.81. The molecule has 0 bridgehead atoms. The maximum atomic E-state index is 11.6. The zero-order chi connectivity index (χ0) is 15.3. The van der Waals surface area contributed by atoms with Crippen LogP contribution in [0.4, 0.5) is 0 Å². The van der Waals surface area contributed by atoms with E-state index >= 15 is 0 Å². The van der Waals surface area contributed by atoms with Crippen molar-refractivity contribution in [3.8, 4) is 17.2 Å². The highest BCUT2D eigenvalue weighted by Gasteiger charge is 2.27. The van der Waals surface area contributed by atoms with Crippen LogP contribution in [0.5, 0.6) is 17.2 Å². The Bertz CT molecular complexity index is 473. The first-order valence-electron chi connectivity index (χ1n) is 6.22. The highest BCUT2D eigenvalue weighted by atomic mass is 79.9. The second-order valence-corrected chi connectivity index (χ2v) is 5.24. The van der Waals surface area contributed by atoms with Crippen molar-refractivity contribution in [2.45, 2.75) is 20.8 Å². The van der Waals surface area contributed by atoms with Crippen molar-refractivity contribution < 1.29 is 19.0 Å². The van der Waals surface area contributed by atoms with Gasteiger partial charge in [-0.2, -0.15) is 0 Å².